The molecular formula is C17H20N2. The van der Waals surface area contributed by atoms with E-state index in [4.69, 9.17) is 0 Å². The van der Waals surface area contributed by atoms with Crippen LogP contribution in [-0.2, 0) is 13.1 Å². The van der Waals surface area contributed by atoms with Crippen molar-refractivity contribution >= 4 is 0 Å². The Kier molecular flexibility index (Phi) is 5.35. The van der Waals surface area contributed by atoms with Gasteiger partial charge < -0.3 is 0 Å². The quantitative estimate of drug-likeness (QED) is 0.600. The van der Waals surface area contributed by atoms with Crippen LogP contribution >= 0.6 is 0 Å². The summed E-state index contributed by atoms with van der Waals surface area (Å²) in [4.78, 5) is 0. The standard InChI is InChI=1S/C17H20N2/c1-2-13-18-19(14-16-9-5-3-6-10-16)15-17-11-7-4-8-12-17/h2-12,18H,1,13-15H2. The van der Waals surface area contributed by atoms with Crippen LogP contribution in [-0.4, -0.2) is 11.6 Å². The van der Waals surface area contributed by atoms with Crippen LogP contribution in [0.15, 0.2) is 73.3 Å². The zero-order valence-corrected chi connectivity index (χ0v) is 11.1. The van der Waals surface area contributed by atoms with E-state index in [1.54, 1.807) is 0 Å². The van der Waals surface area contributed by atoms with Crippen molar-refractivity contribution in [3.05, 3.63) is 84.4 Å². The monoisotopic (exact) mass is 252 g/mol. The van der Waals surface area contributed by atoms with Crippen LogP contribution in [0.3, 0.4) is 0 Å². The Balaban J connectivity index is 2.01. The highest BCUT2D eigenvalue weighted by Crippen LogP contribution is 2.07. The SMILES string of the molecule is C=CCNN(Cc1ccccc1)Cc1ccccc1. The summed E-state index contributed by atoms with van der Waals surface area (Å²) >= 11 is 0. The maximum Gasteiger partial charge on any atom is 0.0385 e. The Labute approximate surface area is 115 Å². The second kappa shape index (κ2) is 7.52. The lowest BCUT2D eigenvalue weighted by atomic mass is 10.2. The van der Waals surface area contributed by atoms with Gasteiger partial charge in [-0.15, -0.1) is 6.58 Å². The molecule has 98 valence electrons. The van der Waals surface area contributed by atoms with Crippen LogP contribution in [0.5, 0.6) is 0 Å². The molecule has 0 aliphatic rings. The molecule has 0 heterocycles. The molecule has 2 rings (SSSR count). The molecular weight excluding hydrogens is 232 g/mol. The number of hydrazine groups is 1. The molecule has 2 aromatic carbocycles. The van der Waals surface area contributed by atoms with Gasteiger partial charge >= 0.3 is 0 Å². The van der Waals surface area contributed by atoms with Crippen molar-refractivity contribution in [3.8, 4) is 0 Å². The van der Waals surface area contributed by atoms with E-state index < -0.39 is 0 Å². The van der Waals surface area contributed by atoms with Crippen molar-refractivity contribution in [2.45, 2.75) is 13.1 Å². The van der Waals surface area contributed by atoms with Crippen LogP contribution in [0, 0.1) is 0 Å². The van der Waals surface area contributed by atoms with Gasteiger partial charge in [0.15, 0.2) is 0 Å². The summed E-state index contributed by atoms with van der Waals surface area (Å²) in [6.07, 6.45) is 1.88. The summed E-state index contributed by atoms with van der Waals surface area (Å²) in [5, 5.41) is 2.21. The maximum atomic E-state index is 3.76. The van der Waals surface area contributed by atoms with Crippen LogP contribution in [0.2, 0.25) is 0 Å². The van der Waals surface area contributed by atoms with Gasteiger partial charge in [-0.25, -0.2) is 5.01 Å². The van der Waals surface area contributed by atoms with Crippen LogP contribution in [0.4, 0.5) is 0 Å². The molecule has 0 unspecified atom stereocenters. The predicted molar refractivity (Wildman–Crippen MR) is 80.3 cm³/mol. The second-order valence-electron chi connectivity index (χ2n) is 4.48. The number of benzene rings is 2. The minimum absolute atomic E-state index is 0.777. The zero-order valence-electron chi connectivity index (χ0n) is 11.1. The highest BCUT2D eigenvalue weighted by Gasteiger charge is 2.05. The number of rotatable bonds is 7. The Bertz CT molecular complexity index is 438. The van der Waals surface area contributed by atoms with Gasteiger partial charge in [0.1, 0.15) is 0 Å². The lowest BCUT2D eigenvalue weighted by molar-refractivity contribution is 0.178. The molecule has 2 nitrogen and oxygen atoms in total. The number of hydrogen-bond donors (Lipinski definition) is 1. The Morgan fingerprint density at radius 3 is 1.74 bits per heavy atom. The lowest BCUT2D eigenvalue weighted by Gasteiger charge is -2.23. The third-order valence-corrected chi connectivity index (χ3v) is 2.89. The first-order valence-corrected chi connectivity index (χ1v) is 6.55. The predicted octanol–water partition coefficient (Wildman–Crippen LogP) is 3.38. The van der Waals surface area contributed by atoms with Gasteiger partial charge in [0.05, 0.1) is 0 Å². The van der Waals surface area contributed by atoms with Crippen LogP contribution in [0.25, 0.3) is 0 Å². The third-order valence-electron chi connectivity index (χ3n) is 2.89. The Hall–Kier alpha value is -1.90. The molecule has 0 aliphatic heterocycles. The molecule has 0 bridgehead atoms. The van der Waals surface area contributed by atoms with Crippen molar-refractivity contribution in [2.24, 2.45) is 0 Å². The number of nitrogens with zero attached hydrogens (tertiary/aromatic N) is 1. The first-order chi connectivity index (χ1) is 9.38. The van der Waals surface area contributed by atoms with E-state index in [0.717, 1.165) is 19.6 Å². The van der Waals surface area contributed by atoms with Crippen LogP contribution in [0.1, 0.15) is 11.1 Å². The largest absolute Gasteiger partial charge is 0.251 e. The van der Waals surface area contributed by atoms with Gasteiger partial charge in [-0.05, 0) is 11.1 Å². The van der Waals surface area contributed by atoms with Crippen molar-refractivity contribution < 1.29 is 0 Å². The van der Waals surface area contributed by atoms with Crippen molar-refractivity contribution in [1.29, 1.82) is 0 Å². The molecule has 1 N–H and O–H groups in total. The molecule has 19 heavy (non-hydrogen) atoms. The highest BCUT2D eigenvalue weighted by atomic mass is 15.5. The molecule has 2 heteroatoms. The van der Waals surface area contributed by atoms with Gasteiger partial charge in [0, 0.05) is 19.6 Å². The van der Waals surface area contributed by atoms with E-state index in [9.17, 15) is 0 Å². The first-order valence-electron chi connectivity index (χ1n) is 6.55. The molecule has 0 aromatic heterocycles. The van der Waals surface area contributed by atoms with Gasteiger partial charge in [-0.3, -0.25) is 5.43 Å². The number of hydrogen-bond acceptors (Lipinski definition) is 2. The van der Waals surface area contributed by atoms with Crippen LogP contribution < -0.4 is 5.43 Å². The summed E-state index contributed by atoms with van der Waals surface area (Å²) in [5.41, 5.74) is 5.98. The van der Waals surface area contributed by atoms with Gasteiger partial charge in [-0.1, -0.05) is 66.7 Å². The Morgan fingerprint density at radius 2 is 1.32 bits per heavy atom. The minimum Gasteiger partial charge on any atom is -0.251 e. The van der Waals surface area contributed by atoms with E-state index >= 15 is 0 Å². The van der Waals surface area contributed by atoms with Gasteiger partial charge in [0.2, 0.25) is 0 Å². The smallest absolute Gasteiger partial charge is 0.0385 e. The fraction of sp³-hybridized carbons (Fsp3) is 0.176. The molecule has 0 saturated heterocycles. The molecule has 0 saturated carbocycles. The average Bonchev–Trinajstić information content (AvgIpc) is 2.47. The minimum atomic E-state index is 0.777. The van der Waals surface area contributed by atoms with Gasteiger partial charge in [0.25, 0.3) is 0 Å². The molecule has 2 aromatic rings. The summed E-state index contributed by atoms with van der Waals surface area (Å²) in [5.74, 6) is 0. The summed E-state index contributed by atoms with van der Waals surface area (Å²) in [7, 11) is 0. The van der Waals surface area contributed by atoms with Crippen molar-refractivity contribution in [2.75, 3.05) is 6.54 Å². The van der Waals surface area contributed by atoms with E-state index in [2.05, 4.69) is 65.5 Å². The maximum absolute atomic E-state index is 3.76. The van der Waals surface area contributed by atoms with E-state index in [1.165, 1.54) is 11.1 Å². The number of nitrogens with one attached hydrogen (secondary N) is 1. The summed E-state index contributed by atoms with van der Waals surface area (Å²) < 4.78 is 0. The third kappa shape index (κ3) is 4.70. The van der Waals surface area contributed by atoms with Crippen molar-refractivity contribution in [3.63, 3.8) is 0 Å². The topological polar surface area (TPSA) is 15.3 Å². The highest BCUT2D eigenvalue weighted by molar-refractivity contribution is 5.16. The molecule has 0 radical (unpaired) electrons. The van der Waals surface area contributed by atoms with E-state index in [0.29, 0.717) is 0 Å². The molecule has 0 aliphatic carbocycles. The van der Waals surface area contributed by atoms with E-state index in [-0.39, 0.29) is 0 Å². The first kappa shape index (κ1) is 13.5. The zero-order chi connectivity index (χ0) is 13.3. The van der Waals surface area contributed by atoms with Crippen molar-refractivity contribution in [1.82, 2.24) is 10.4 Å². The van der Waals surface area contributed by atoms with Gasteiger partial charge in [-0.2, -0.15) is 0 Å². The molecule has 0 amide bonds. The summed E-state index contributed by atoms with van der Waals surface area (Å²) in [6, 6.07) is 21.0. The lowest BCUT2D eigenvalue weighted by Crippen LogP contribution is -2.36. The molecule has 0 fully saturated rings. The molecule has 0 spiro atoms. The van der Waals surface area contributed by atoms with E-state index in [1.807, 2.05) is 18.2 Å². The normalized spacial score (nSPS) is 10.6. The fourth-order valence-corrected chi connectivity index (χ4v) is 1.97. The Morgan fingerprint density at radius 1 is 0.842 bits per heavy atom. The fourth-order valence-electron chi connectivity index (χ4n) is 1.97. The summed E-state index contributed by atoms with van der Waals surface area (Å²) in [6.45, 7) is 6.29. The average molecular weight is 252 g/mol. The second-order valence-corrected chi connectivity index (χ2v) is 4.48. The molecule has 0 atom stereocenters.